The number of esters is 1. The SMILES string of the molecule is O=C(OCCO)c1ccccn1. The molecule has 0 fully saturated rings. The zero-order valence-corrected chi connectivity index (χ0v) is 6.43. The molecule has 1 aromatic rings. The van der Waals surface area contributed by atoms with Gasteiger partial charge in [-0.05, 0) is 12.1 Å². The summed E-state index contributed by atoms with van der Waals surface area (Å²) in [5.41, 5.74) is 0.256. The predicted octanol–water partition coefficient (Wildman–Crippen LogP) is 0.231. The first-order valence-corrected chi connectivity index (χ1v) is 3.53. The second kappa shape index (κ2) is 4.46. The number of hydrogen-bond acceptors (Lipinski definition) is 4. The Labute approximate surface area is 69.8 Å². The van der Waals surface area contributed by atoms with Crippen LogP contribution in [0.25, 0.3) is 0 Å². The van der Waals surface area contributed by atoms with E-state index in [0.29, 0.717) is 0 Å². The summed E-state index contributed by atoms with van der Waals surface area (Å²) >= 11 is 0. The molecule has 0 aliphatic rings. The van der Waals surface area contributed by atoms with Gasteiger partial charge < -0.3 is 9.84 Å². The predicted molar refractivity (Wildman–Crippen MR) is 41.6 cm³/mol. The highest BCUT2D eigenvalue weighted by Crippen LogP contribution is 1.95. The molecule has 1 heterocycles. The van der Waals surface area contributed by atoms with Crippen molar-refractivity contribution in [3.05, 3.63) is 30.1 Å². The molecule has 0 bridgehead atoms. The number of nitrogens with zero attached hydrogens (tertiary/aromatic N) is 1. The van der Waals surface area contributed by atoms with Crippen molar-refractivity contribution >= 4 is 5.97 Å². The van der Waals surface area contributed by atoms with E-state index in [-0.39, 0.29) is 18.9 Å². The van der Waals surface area contributed by atoms with Crippen LogP contribution in [0.2, 0.25) is 0 Å². The van der Waals surface area contributed by atoms with Gasteiger partial charge >= 0.3 is 5.97 Å². The number of pyridine rings is 1. The summed E-state index contributed by atoms with van der Waals surface area (Å²) in [5.74, 6) is -0.510. The van der Waals surface area contributed by atoms with E-state index in [9.17, 15) is 4.79 Å². The molecule has 64 valence electrons. The Morgan fingerprint density at radius 3 is 3.00 bits per heavy atom. The van der Waals surface area contributed by atoms with Crippen LogP contribution in [0.15, 0.2) is 24.4 Å². The average Bonchev–Trinajstić information content (AvgIpc) is 2.15. The molecule has 1 rings (SSSR count). The quantitative estimate of drug-likeness (QED) is 0.655. The van der Waals surface area contributed by atoms with Gasteiger partial charge in [-0.2, -0.15) is 0 Å². The van der Waals surface area contributed by atoms with Crippen molar-refractivity contribution in [3.8, 4) is 0 Å². The Balaban J connectivity index is 2.54. The van der Waals surface area contributed by atoms with Gasteiger partial charge in [0.25, 0.3) is 0 Å². The van der Waals surface area contributed by atoms with Crippen molar-refractivity contribution in [2.45, 2.75) is 0 Å². The molecule has 4 heteroatoms. The first-order chi connectivity index (χ1) is 5.84. The van der Waals surface area contributed by atoms with E-state index in [0.717, 1.165) is 0 Å². The molecule has 1 N–H and O–H groups in total. The molecule has 4 nitrogen and oxygen atoms in total. The molecule has 0 atom stereocenters. The van der Waals surface area contributed by atoms with E-state index in [1.54, 1.807) is 18.2 Å². The number of rotatable bonds is 3. The minimum atomic E-state index is -0.510. The molecule has 0 radical (unpaired) electrons. The molecular formula is C8H9NO3. The normalized spacial score (nSPS) is 9.42. The van der Waals surface area contributed by atoms with E-state index in [2.05, 4.69) is 9.72 Å². The van der Waals surface area contributed by atoms with Crippen molar-refractivity contribution in [1.29, 1.82) is 0 Å². The van der Waals surface area contributed by atoms with E-state index in [4.69, 9.17) is 5.11 Å². The smallest absolute Gasteiger partial charge is 0.356 e. The molecule has 1 aromatic heterocycles. The third kappa shape index (κ3) is 2.32. The number of carbonyl (C=O) groups excluding carboxylic acids is 1. The van der Waals surface area contributed by atoms with Crippen molar-refractivity contribution in [1.82, 2.24) is 4.98 Å². The number of aliphatic hydroxyl groups is 1. The maximum absolute atomic E-state index is 11.0. The number of ether oxygens (including phenoxy) is 1. The fraction of sp³-hybridized carbons (Fsp3) is 0.250. The van der Waals surface area contributed by atoms with E-state index >= 15 is 0 Å². The standard InChI is InChI=1S/C8H9NO3/c10-5-6-12-8(11)7-3-1-2-4-9-7/h1-4,10H,5-6H2. The Morgan fingerprint density at radius 2 is 2.42 bits per heavy atom. The molecule has 0 saturated heterocycles. The summed E-state index contributed by atoms with van der Waals surface area (Å²) in [5, 5.41) is 8.36. The van der Waals surface area contributed by atoms with Gasteiger partial charge in [0.1, 0.15) is 12.3 Å². The summed E-state index contributed by atoms with van der Waals surface area (Å²) in [6, 6.07) is 4.96. The lowest BCUT2D eigenvalue weighted by Gasteiger charge is -2.00. The summed E-state index contributed by atoms with van der Waals surface area (Å²) in [7, 11) is 0. The van der Waals surface area contributed by atoms with E-state index in [1.165, 1.54) is 6.20 Å². The van der Waals surface area contributed by atoms with Crippen molar-refractivity contribution < 1.29 is 14.6 Å². The fourth-order valence-electron chi connectivity index (χ4n) is 0.696. The minimum Gasteiger partial charge on any atom is -0.459 e. The van der Waals surface area contributed by atoms with Crippen LogP contribution >= 0.6 is 0 Å². The monoisotopic (exact) mass is 167 g/mol. The zero-order chi connectivity index (χ0) is 8.81. The second-order valence-electron chi connectivity index (χ2n) is 2.07. The minimum absolute atomic E-state index is 0.00933. The summed E-state index contributed by atoms with van der Waals surface area (Å²) in [6.45, 7) is -0.159. The van der Waals surface area contributed by atoms with Crippen molar-refractivity contribution in [2.24, 2.45) is 0 Å². The van der Waals surface area contributed by atoms with Crippen LogP contribution in [-0.4, -0.2) is 29.3 Å². The van der Waals surface area contributed by atoms with Crippen LogP contribution in [-0.2, 0) is 4.74 Å². The van der Waals surface area contributed by atoms with Crippen LogP contribution in [0, 0.1) is 0 Å². The van der Waals surface area contributed by atoms with Crippen molar-refractivity contribution in [3.63, 3.8) is 0 Å². The van der Waals surface area contributed by atoms with Crippen LogP contribution in [0.3, 0.4) is 0 Å². The van der Waals surface area contributed by atoms with Crippen LogP contribution in [0.1, 0.15) is 10.5 Å². The molecule has 0 unspecified atom stereocenters. The highest BCUT2D eigenvalue weighted by atomic mass is 16.5. The first kappa shape index (κ1) is 8.67. The van der Waals surface area contributed by atoms with Gasteiger partial charge in [-0.25, -0.2) is 9.78 Å². The van der Waals surface area contributed by atoms with E-state index < -0.39 is 5.97 Å². The highest BCUT2D eigenvalue weighted by Gasteiger charge is 2.05. The Hall–Kier alpha value is -1.42. The molecule has 0 aromatic carbocycles. The lowest BCUT2D eigenvalue weighted by molar-refractivity contribution is 0.0427. The summed E-state index contributed by atoms with van der Waals surface area (Å²) in [6.07, 6.45) is 1.51. The van der Waals surface area contributed by atoms with Crippen LogP contribution < -0.4 is 0 Å². The van der Waals surface area contributed by atoms with Crippen LogP contribution in [0.4, 0.5) is 0 Å². The zero-order valence-electron chi connectivity index (χ0n) is 6.43. The average molecular weight is 167 g/mol. The third-order valence-corrected chi connectivity index (χ3v) is 1.20. The Morgan fingerprint density at radius 1 is 1.58 bits per heavy atom. The molecule has 0 saturated carbocycles. The summed E-state index contributed by atoms with van der Waals surface area (Å²) < 4.78 is 4.63. The Kier molecular flexibility index (Phi) is 3.22. The molecule has 12 heavy (non-hydrogen) atoms. The number of aliphatic hydroxyl groups excluding tert-OH is 1. The third-order valence-electron chi connectivity index (χ3n) is 1.20. The lowest BCUT2D eigenvalue weighted by atomic mass is 10.4. The van der Waals surface area contributed by atoms with Gasteiger partial charge in [-0.15, -0.1) is 0 Å². The molecule has 0 spiro atoms. The number of aromatic nitrogens is 1. The number of hydrogen-bond donors (Lipinski definition) is 1. The lowest BCUT2D eigenvalue weighted by Crippen LogP contribution is -2.09. The first-order valence-electron chi connectivity index (χ1n) is 3.53. The van der Waals surface area contributed by atoms with Gasteiger partial charge in [0.15, 0.2) is 0 Å². The van der Waals surface area contributed by atoms with Gasteiger partial charge in [0.05, 0.1) is 6.61 Å². The highest BCUT2D eigenvalue weighted by molar-refractivity contribution is 5.87. The van der Waals surface area contributed by atoms with Gasteiger partial charge in [0, 0.05) is 6.20 Å². The molecule has 0 aliphatic heterocycles. The van der Waals surface area contributed by atoms with Gasteiger partial charge in [-0.1, -0.05) is 6.07 Å². The molecular weight excluding hydrogens is 158 g/mol. The number of carbonyl (C=O) groups is 1. The topological polar surface area (TPSA) is 59.4 Å². The summed E-state index contributed by atoms with van der Waals surface area (Å²) in [4.78, 5) is 14.8. The largest absolute Gasteiger partial charge is 0.459 e. The molecule has 0 amide bonds. The van der Waals surface area contributed by atoms with E-state index in [1.807, 2.05) is 0 Å². The Bertz CT molecular complexity index is 248. The maximum Gasteiger partial charge on any atom is 0.356 e. The van der Waals surface area contributed by atoms with Gasteiger partial charge in [-0.3, -0.25) is 0 Å². The van der Waals surface area contributed by atoms with Crippen molar-refractivity contribution in [2.75, 3.05) is 13.2 Å². The fourth-order valence-corrected chi connectivity index (χ4v) is 0.696. The van der Waals surface area contributed by atoms with Crippen LogP contribution in [0.5, 0.6) is 0 Å². The maximum atomic E-state index is 11.0. The second-order valence-corrected chi connectivity index (χ2v) is 2.07. The molecule has 0 aliphatic carbocycles. The van der Waals surface area contributed by atoms with Gasteiger partial charge in [0.2, 0.25) is 0 Å².